The number of furan rings is 1. The van der Waals surface area contributed by atoms with Crippen molar-refractivity contribution in [2.45, 2.75) is 25.4 Å². The van der Waals surface area contributed by atoms with Crippen molar-refractivity contribution >= 4 is 11.9 Å². The van der Waals surface area contributed by atoms with E-state index in [4.69, 9.17) is 10.2 Å². The molecule has 1 unspecified atom stereocenters. The maximum Gasteiger partial charge on any atom is 0.325 e. The number of imide groups is 1. The minimum Gasteiger partial charge on any atom is -0.468 e. The van der Waals surface area contributed by atoms with Gasteiger partial charge < -0.3 is 15.5 Å². The van der Waals surface area contributed by atoms with Crippen LogP contribution in [-0.2, 0) is 4.79 Å². The first-order valence-electron chi connectivity index (χ1n) is 5.35. The lowest BCUT2D eigenvalue weighted by atomic mass is 10.1. The summed E-state index contributed by atoms with van der Waals surface area (Å²) in [7, 11) is 0. The molecule has 1 saturated heterocycles. The van der Waals surface area contributed by atoms with Crippen LogP contribution >= 0.6 is 0 Å². The van der Waals surface area contributed by atoms with E-state index in [-0.39, 0.29) is 12.5 Å². The van der Waals surface area contributed by atoms with Crippen LogP contribution in [0.3, 0.4) is 0 Å². The molecule has 2 heterocycles. The summed E-state index contributed by atoms with van der Waals surface area (Å²) in [4.78, 5) is 24.6. The number of nitrogens with two attached hydrogens (primary N) is 1. The Balaban J connectivity index is 2.10. The van der Waals surface area contributed by atoms with Gasteiger partial charge in [0.1, 0.15) is 11.3 Å². The van der Waals surface area contributed by atoms with Gasteiger partial charge in [-0.25, -0.2) is 4.79 Å². The summed E-state index contributed by atoms with van der Waals surface area (Å²) in [5.74, 6) is 0.278. The molecular weight excluding hydrogens is 222 g/mol. The lowest BCUT2D eigenvalue weighted by molar-refractivity contribution is -0.130. The van der Waals surface area contributed by atoms with Crippen molar-refractivity contribution in [2.75, 3.05) is 6.54 Å². The third-order valence-corrected chi connectivity index (χ3v) is 2.73. The van der Waals surface area contributed by atoms with E-state index >= 15 is 0 Å². The maximum atomic E-state index is 11.9. The first-order chi connectivity index (χ1) is 7.92. The van der Waals surface area contributed by atoms with Gasteiger partial charge in [0.15, 0.2) is 0 Å². The minimum atomic E-state index is -0.861. The molecule has 6 nitrogen and oxygen atoms in total. The van der Waals surface area contributed by atoms with Gasteiger partial charge in [-0.1, -0.05) is 0 Å². The second kappa shape index (κ2) is 3.89. The van der Waals surface area contributed by atoms with E-state index in [0.717, 1.165) is 4.90 Å². The summed E-state index contributed by atoms with van der Waals surface area (Å²) >= 11 is 0. The van der Waals surface area contributed by atoms with Crippen molar-refractivity contribution in [3.05, 3.63) is 24.2 Å². The fourth-order valence-corrected chi connectivity index (χ4v) is 1.77. The topological polar surface area (TPSA) is 88.6 Å². The van der Waals surface area contributed by atoms with Crippen molar-refractivity contribution in [2.24, 2.45) is 5.73 Å². The SMILES string of the molecule is CC1(C)NC(=O)N(CC(N)c2ccco2)C1=O. The van der Waals surface area contributed by atoms with Crippen LogP contribution < -0.4 is 11.1 Å². The van der Waals surface area contributed by atoms with E-state index in [1.165, 1.54) is 6.26 Å². The summed E-state index contributed by atoms with van der Waals surface area (Å²) in [6.07, 6.45) is 1.50. The van der Waals surface area contributed by atoms with Crippen LogP contribution in [0.15, 0.2) is 22.8 Å². The molecule has 1 aromatic heterocycles. The minimum absolute atomic E-state index is 0.113. The van der Waals surface area contributed by atoms with Crippen LogP contribution in [0.4, 0.5) is 4.79 Å². The molecule has 92 valence electrons. The molecule has 1 aromatic rings. The molecule has 1 atom stereocenters. The summed E-state index contributed by atoms with van der Waals surface area (Å²) in [5, 5.41) is 2.59. The zero-order valence-electron chi connectivity index (χ0n) is 9.77. The van der Waals surface area contributed by atoms with E-state index in [1.807, 2.05) is 0 Å². The first-order valence-corrected chi connectivity index (χ1v) is 5.35. The summed E-state index contributed by atoms with van der Waals surface area (Å²) in [6, 6.07) is 2.51. The average Bonchev–Trinajstić information content (AvgIpc) is 2.81. The van der Waals surface area contributed by atoms with Crippen molar-refractivity contribution in [3.8, 4) is 0 Å². The van der Waals surface area contributed by atoms with Gasteiger partial charge in [-0.3, -0.25) is 9.69 Å². The Hall–Kier alpha value is -1.82. The molecule has 0 spiro atoms. The summed E-state index contributed by atoms with van der Waals surface area (Å²) in [5.41, 5.74) is 5.00. The summed E-state index contributed by atoms with van der Waals surface area (Å²) in [6.45, 7) is 3.43. The smallest absolute Gasteiger partial charge is 0.325 e. The highest BCUT2D eigenvalue weighted by Crippen LogP contribution is 2.20. The Labute approximate surface area is 98.7 Å². The lowest BCUT2D eigenvalue weighted by Crippen LogP contribution is -2.41. The highest BCUT2D eigenvalue weighted by atomic mass is 16.3. The van der Waals surface area contributed by atoms with Gasteiger partial charge in [-0.2, -0.15) is 0 Å². The molecule has 1 aliphatic rings. The molecule has 0 saturated carbocycles. The molecule has 0 radical (unpaired) electrons. The lowest BCUT2D eigenvalue weighted by Gasteiger charge is -2.18. The van der Waals surface area contributed by atoms with Crippen LogP contribution in [0.5, 0.6) is 0 Å². The van der Waals surface area contributed by atoms with E-state index in [1.54, 1.807) is 26.0 Å². The third-order valence-electron chi connectivity index (χ3n) is 2.73. The van der Waals surface area contributed by atoms with Gasteiger partial charge in [-0.15, -0.1) is 0 Å². The molecule has 0 aliphatic carbocycles. The number of hydrogen-bond donors (Lipinski definition) is 2. The molecule has 2 rings (SSSR count). The molecule has 0 bridgehead atoms. The van der Waals surface area contributed by atoms with Gasteiger partial charge in [0.2, 0.25) is 0 Å². The number of carbonyl (C=O) groups excluding carboxylic acids is 2. The molecule has 1 fully saturated rings. The average molecular weight is 237 g/mol. The Kier molecular flexibility index (Phi) is 2.66. The van der Waals surface area contributed by atoms with Gasteiger partial charge in [0, 0.05) is 0 Å². The maximum absolute atomic E-state index is 11.9. The van der Waals surface area contributed by atoms with Crippen LogP contribution in [0.25, 0.3) is 0 Å². The monoisotopic (exact) mass is 237 g/mol. The largest absolute Gasteiger partial charge is 0.468 e. The molecule has 3 N–H and O–H groups in total. The quantitative estimate of drug-likeness (QED) is 0.754. The zero-order chi connectivity index (χ0) is 12.6. The fraction of sp³-hybridized carbons (Fsp3) is 0.455. The van der Waals surface area contributed by atoms with Crippen LogP contribution in [0.1, 0.15) is 25.6 Å². The van der Waals surface area contributed by atoms with Crippen molar-refractivity contribution < 1.29 is 14.0 Å². The number of urea groups is 1. The van der Waals surface area contributed by atoms with E-state index in [2.05, 4.69) is 5.32 Å². The number of carbonyl (C=O) groups is 2. The number of amides is 3. The summed E-state index contributed by atoms with van der Waals surface area (Å²) < 4.78 is 5.13. The number of nitrogens with one attached hydrogen (secondary N) is 1. The highest BCUT2D eigenvalue weighted by Gasteiger charge is 2.44. The normalized spacial score (nSPS) is 20.5. The van der Waals surface area contributed by atoms with Gasteiger partial charge in [0.25, 0.3) is 5.91 Å². The molecular formula is C11H15N3O3. The first kappa shape index (κ1) is 11.7. The predicted octanol–water partition coefficient (Wildman–Crippen LogP) is 0.610. The van der Waals surface area contributed by atoms with Crippen molar-refractivity contribution in [1.82, 2.24) is 10.2 Å². The second-order valence-electron chi connectivity index (χ2n) is 4.59. The zero-order valence-corrected chi connectivity index (χ0v) is 9.77. The Morgan fingerprint density at radius 1 is 1.53 bits per heavy atom. The molecule has 1 aliphatic heterocycles. The Morgan fingerprint density at radius 2 is 2.24 bits per heavy atom. The van der Waals surface area contributed by atoms with E-state index in [9.17, 15) is 9.59 Å². The Bertz CT molecular complexity index is 439. The molecule has 0 aromatic carbocycles. The second-order valence-corrected chi connectivity index (χ2v) is 4.59. The van der Waals surface area contributed by atoms with E-state index < -0.39 is 17.6 Å². The Morgan fingerprint density at radius 3 is 2.71 bits per heavy atom. The molecule has 3 amide bonds. The van der Waals surface area contributed by atoms with E-state index in [0.29, 0.717) is 5.76 Å². The highest BCUT2D eigenvalue weighted by molar-refractivity contribution is 6.06. The number of nitrogens with zero attached hydrogens (tertiary/aromatic N) is 1. The van der Waals surface area contributed by atoms with Crippen molar-refractivity contribution in [1.29, 1.82) is 0 Å². The van der Waals surface area contributed by atoms with Crippen LogP contribution in [0.2, 0.25) is 0 Å². The van der Waals surface area contributed by atoms with Gasteiger partial charge in [-0.05, 0) is 26.0 Å². The standard InChI is InChI=1S/C11H15N3O3/c1-11(2)9(15)14(10(16)13-11)6-7(12)8-4-3-5-17-8/h3-5,7H,6,12H2,1-2H3,(H,13,16). The fourth-order valence-electron chi connectivity index (χ4n) is 1.77. The van der Waals surface area contributed by atoms with Crippen molar-refractivity contribution in [3.63, 3.8) is 0 Å². The predicted molar refractivity (Wildman–Crippen MR) is 60.0 cm³/mol. The van der Waals surface area contributed by atoms with Crippen LogP contribution in [0, 0.1) is 0 Å². The van der Waals surface area contributed by atoms with Crippen LogP contribution in [-0.4, -0.2) is 28.9 Å². The number of hydrogen-bond acceptors (Lipinski definition) is 4. The van der Waals surface area contributed by atoms with Gasteiger partial charge in [0.05, 0.1) is 18.8 Å². The number of rotatable bonds is 3. The third kappa shape index (κ3) is 2.03. The van der Waals surface area contributed by atoms with Gasteiger partial charge >= 0.3 is 6.03 Å². The molecule has 6 heteroatoms. The molecule has 17 heavy (non-hydrogen) atoms.